The molecule has 0 N–H and O–H groups in total. The van der Waals surface area contributed by atoms with Crippen molar-refractivity contribution in [1.29, 1.82) is 5.26 Å². The molecule has 1 aliphatic heterocycles. The zero-order chi connectivity index (χ0) is 20.5. The fourth-order valence-electron chi connectivity index (χ4n) is 2.81. The Labute approximate surface area is 164 Å². The van der Waals surface area contributed by atoms with Crippen LogP contribution in [0.1, 0.15) is 11.1 Å². The van der Waals surface area contributed by atoms with Crippen LogP contribution >= 0.6 is 11.6 Å². The van der Waals surface area contributed by atoms with Crippen LogP contribution in [0.5, 0.6) is 0 Å². The maximum absolute atomic E-state index is 12.7. The SMILES string of the molecule is N#Cc1ccc(S(=O)(=O)N2CCN(c3ncc(C(F)(F)F)cc3Cl)CC2)cc1. The minimum Gasteiger partial charge on any atom is -0.353 e. The monoisotopic (exact) mass is 430 g/mol. The maximum atomic E-state index is 12.7. The Morgan fingerprint density at radius 2 is 1.71 bits per heavy atom. The van der Waals surface area contributed by atoms with Crippen LogP contribution in [-0.2, 0) is 16.2 Å². The standard InChI is InChI=1S/C17H14ClF3N4O2S/c18-15-9-13(17(19,20)21)11-23-16(15)24-5-7-25(8-6-24)28(26,27)14-3-1-12(10-22)2-4-14/h1-4,9,11H,5-8H2. The van der Waals surface area contributed by atoms with E-state index in [0.717, 1.165) is 6.07 Å². The Morgan fingerprint density at radius 1 is 1.11 bits per heavy atom. The third-order valence-corrected chi connectivity index (χ3v) is 6.50. The molecule has 0 bridgehead atoms. The van der Waals surface area contributed by atoms with Gasteiger partial charge in [0.25, 0.3) is 0 Å². The number of hydrogen-bond donors (Lipinski definition) is 0. The lowest BCUT2D eigenvalue weighted by atomic mass is 10.2. The number of pyridine rings is 1. The summed E-state index contributed by atoms with van der Waals surface area (Å²) in [4.78, 5) is 5.53. The fourth-order valence-corrected chi connectivity index (χ4v) is 4.52. The number of aromatic nitrogens is 1. The Morgan fingerprint density at radius 3 is 2.21 bits per heavy atom. The van der Waals surface area contributed by atoms with Gasteiger partial charge in [0.05, 0.1) is 27.1 Å². The first-order valence-corrected chi connectivity index (χ1v) is 9.93. The van der Waals surface area contributed by atoms with Crippen LogP contribution in [0.4, 0.5) is 19.0 Å². The highest BCUT2D eigenvalue weighted by Crippen LogP contribution is 2.34. The summed E-state index contributed by atoms with van der Waals surface area (Å²) in [6.45, 7) is 0.712. The predicted molar refractivity (Wildman–Crippen MR) is 96.4 cm³/mol. The molecule has 11 heteroatoms. The highest BCUT2D eigenvalue weighted by atomic mass is 35.5. The molecule has 0 atom stereocenters. The molecule has 0 saturated carbocycles. The van der Waals surface area contributed by atoms with Crippen molar-refractivity contribution in [2.75, 3.05) is 31.1 Å². The van der Waals surface area contributed by atoms with Crippen molar-refractivity contribution in [3.63, 3.8) is 0 Å². The lowest BCUT2D eigenvalue weighted by molar-refractivity contribution is -0.137. The molecule has 2 aromatic rings. The van der Waals surface area contributed by atoms with E-state index in [1.807, 2.05) is 6.07 Å². The number of halogens is 4. The molecule has 0 spiro atoms. The molecule has 1 aliphatic rings. The van der Waals surface area contributed by atoms with Crippen molar-refractivity contribution < 1.29 is 21.6 Å². The normalized spacial score (nSPS) is 16.0. The molecular weight excluding hydrogens is 417 g/mol. The van der Waals surface area contributed by atoms with E-state index in [1.54, 1.807) is 4.90 Å². The van der Waals surface area contributed by atoms with E-state index in [2.05, 4.69) is 4.98 Å². The van der Waals surface area contributed by atoms with Gasteiger partial charge < -0.3 is 4.90 Å². The van der Waals surface area contributed by atoms with Gasteiger partial charge >= 0.3 is 6.18 Å². The van der Waals surface area contributed by atoms with Crippen molar-refractivity contribution >= 4 is 27.4 Å². The Kier molecular flexibility index (Phi) is 5.52. The summed E-state index contributed by atoms with van der Waals surface area (Å²) in [5.74, 6) is 0.185. The second kappa shape index (κ2) is 7.58. The van der Waals surface area contributed by atoms with Gasteiger partial charge in [0.15, 0.2) is 0 Å². The van der Waals surface area contributed by atoms with E-state index >= 15 is 0 Å². The van der Waals surface area contributed by atoms with E-state index in [9.17, 15) is 21.6 Å². The van der Waals surface area contributed by atoms with Crippen molar-refractivity contribution in [3.05, 3.63) is 52.7 Å². The van der Waals surface area contributed by atoms with E-state index in [1.165, 1.54) is 28.6 Å². The predicted octanol–water partition coefficient (Wildman–Crippen LogP) is 3.14. The van der Waals surface area contributed by atoms with E-state index in [4.69, 9.17) is 16.9 Å². The van der Waals surface area contributed by atoms with Crippen LogP contribution in [0.25, 0.3) is 0 Å². The molecule has 148 valence electrons. The van der Waals surface area contributed by atoms with Crippen LogP contribution in [0, 0.1) is 11.3 Å². The summed E-state index contributed by atoms with van der Waals surface area (Å²) < 4.78 is 64.9. The Hall–Kier alpha value is -2.35. The summed E-state index contributed by atoms with van der Waals surface area (Å²) >= 11 is 5.96. The van der Waals surface area contributed by atoms with Gasteiger partial charge in [0.2, 0.25) is 10.0 Å². The zero-order valence-electron chi connectivity index (χ0n) is 14.3. The first-order valence-electron chi connectivity index (χ1n) is 8.11. The summed E-state index contributed by atoms with van der Waals surface area (Å²) in [5, 5.41) is 8.67. The quantitative estimate of drug-likeness (QED) is 0.747. The zero-order valence-corrected chi connectivity index (χ0v) is 15.9. The Balaban J connectivity index is 1.73. The molecule has 3 rings (SSSR count). The molecule has 6 nitrogen and oxygen atoms in total. The van der Waals surface area contributed by atoms with Crippen LogP contribution in [0.3, 0.4) is 0 Å². The largest absolute Gasteiger partial charge is 0.417 e. The molecule has 1 saturated heterocycles. The smallest absolute Gasteiger partial charge is 0.353 e. The van der Waals surface area contributed by atoms with Crippen molar-refractivity contribution in [1.82, 2.24) is 9.29 Å². The first-order chi connectivity index (χ1) is 13.1. The highest BCUT2D eigenvalue weighted by molar-refractivity contribution is 7.89. The first kappa shape index (κ1) is 20.4. The molecular formula is C17H14ClF3N4O2S. The van der Waals surface area contributed by atoms with Crippen molar-refractivity contribution in [2.45, 2.75) is 11.1 Å². The average molecular weight is 431 g/mol. The average Bonchev–Trinajstić information content (AvgIpc) is 2.67. The second-order valence-electron chi connectivity index (χ2n) is 6.05. The molecule has 0 unspecified atom stereocenters. The van der Waals surface area contributed by atoms with Gasteiger partial charge in [0.1, 0.15) is 5.82 Å². The topological polar surface area (TPSA) is 77.3 Å². The molecule has 28 heavy (non-hydrogen) atoms. The second-order valence-corrected chi connectivity index (χ2v) is 8.40. The number of nitriles is 1. The molecule has 0 radical (unpaired) electrons. The molecule has 1 aromatic heterocycles. The maximum Gasteiger partial charge on any atom is 0.417 e. The summed E-state index contributed by atoms with van der Waals surface area (Å²) in [5.41, 5.74) is -0.588. The minimum absolute atomic E-state index is 0.0747. The Bertz CT molecular complexity index is 1010. The van der Waals surface area contributed by atoms with Crippen molar-refractivity contribution in [3.8, 4) is 6.07 Å². The van der Waals surface area contributed by atoms with Crippen LogP contribution in [0.15, 0.2) is 41.4 Å². The van der Waals surface area contributed by atoms with E-state index in [-0.39, 0.29) is 41.9 Å². The van der Waals surface area contributed by atoms with Gasteiger partial charge in [-0.05, 0) is 30.3 Å². The van der Waals surface area contributed by atoms with E-state index < -0.39 is 21.8 Å². The third kappa shape index (κ3) is 4.06. The minimum atomic E-state index is -4.54. The number of anilines is 1. The van der Waals surface area contributed by atoms with Gasteiger partial charge in [-0.1, -0.05) is 11.6 Å². The third-order valence-electron chi connectivity index (χ3n) is 4.31. The number of piperazine rings is 1. The van der Waals surface area contributed by atoms with Crippen LogP contribution in [-0.4, -0.2) is 43.9 Å². The summed E-state index contributed by atoms with van der Waals surface area (Å²) in [6, 6.07) is 8.32. The van der Waals surface area contributed by atoms with Gasteiger partial charge in [-0.15, -0.1) is 0 Å². The number of sulfonamides is 1. The molecule has 1 aromatic carbocycles. The molecule has 0 aliphatic carbocycles. The van der Waals surface area contributed by atoms with Crippen LogP contribution < -0.4 is 4.90 Å². The molecule has 1 fully saturated rings. The summed E-state index contributed by atoms with van der Waals surface area (Å²) in [6.07, 6.45) is -3.83. The number of benzene rings is 1. The number of alkyl halides is 3. The van der Waals surface area contributed by atoms with Crippen molar-refractivity contribution in [2.24, 2.45) is 0 Å². The van der Waals surface area contributed by atoms with Gasteiger partial charge in [-0.3, -0.25) is 0 Å². The number of hydrogen-bond acceptors (Lipinski definition) is 5. The highest BCUT2D eigenvalue weighted by Gasteiger charge is 2.33. The fraction of sp³-hybridized carbons (Fsp3) is 0.294. The van der Waals surface area contributed by atoms with Crippen LogP contribution in [0.2, 0.25) is 5.02 Å². The lowest BCUT2D eigenvalue weighted by Gasteiger charge is -2.35. The van der Waals surface area contributed by atoms with Gasteiger partial charge in [-0.2, -0.15) is 22.7 Å². The number of nitrogens with zero attached hydrogens (tertiary/aromatic N) is 4. The van der Waals surface area contributed by atoms with Gasteiger partial charge in [-0.25, -0.2) is 13.4 Å². The lowest BCUT2D eigenvalue weighted by Crippen LogP contribution is -2.49. The molecule has 2 heterocycles. The number of rotatable bonds is 3. The molecule has 0 amide bonds. The van der Waals surface area contributed by atoms with Gasteiger partial charge in [0, 0.05) is 32.4 Å². The summed E-state index contributed by atoms with van der Waals surface area (Å²) in [7, 11) is -3.73. The van der Waals surface area contributed by atoms with E-state index in [0.29, 0.717) is 11.8 Å².